The van der Waals surface area contributed by atoms with E-state index < -0.39 is 18.4 Å². The summed E-state index contributed by atoms with van der Waals surface area (Å²) in [5, 5.41) is 14.6. The van der Waals surface area contributed by atoms with E-state index in [2.05, 4.69) is 5.32 Å². The molecule has 1 heterocycles. The quantitative estimate of drug-likeness (QED) is 0.451. The normalized spacial score (nSPS) is 10.7. The van der Waals surface area contributed by atoms with E-state index in [0.717, 1.165) is 18.4 Å². The number of methoxy groups -OCH3 is 2. The van der Waals surface area contributed by atoms with Crippen LogP contribution in [0.15, 0.2) is 42.5 Å². The third-order valence-electron chi connectivity index (χ3n) is 5.66. The summed E-state index contributed by atoms with van der Waals surface area (Å²) in [4.78, 5) is 39.2. The summed E-state index contributed by atoms with van der Waals surface area (Å²) in [5.41, 5.74) is 2.14. The molecule has 186 valence electrons. The predicted octanol–water partition coefficient (Wildman–Crippen LogP) is 2.28. The van der Waals surface area contributed by atoms with E-state index in [1.807, 2.05) is 26.0 Å². The molecule has 1 N–H and O–H groups in total. The Labute approximate surface area is 204 Å². The molecule has 0 saturated heterocycles. The number of benzene rings is 2. The highest BCUT2D eigenvalue weighted by atomic mass is 16.5. The second-order valence-corrected chi connectivity index (χ2v) is 8.15. The summed E-state index contributed by atoms with van der Waals surface area (Å²) in [6, 6.07) is 12.3. The average molecular weight is 481 g/mol. The summed E-state index contributed by atoms with van der Waals surface area (Å²) < 4.78 is 12.4. The van der Waals surface area contributed by atoms with Gasteiger partial charge in [-0.15, -0.1) is 0 Å². The SMILES string of the molecule is CCCCN(C(=O)CNC(=O)c1cc2ccccc2n1CC(=O)[O-])c1c(OC)cc(C)cc1OC. The molecule has 0 unspecified atom stereocenters. The first-order valence-corrected chi connectivity index (χ1v) is 11.4. The number of rotatable bonds is 11. The fourth-order valence-electron chi connectivity index (χ4n) is 4.01. The number of aromatic nitrogens is 1. The number of nitrogens with zero attached hydrogens (tertiary/aromatic N) is 2. The first kappa shape index (κ1) is 25.6. The number of carbonyl (C=O) groups is 3. The van der Waals surface area contributed by atoms with Crippen molar-refractivity contribution in [1.29, 1.82) is 0 Å². The molecule has 0 bridgehead atoms. The van der Waals surface area contributed by atoms with Gasteiger partial charge in [-0.25, -0.2) is 0 Å². The van der Waals surface area contributed by atoms with Crippen molar-refractivity contribution in [2.24, 2.45) is 0 Å². The molecule has 0 radical (unpaired) electrons. The molecule has 9 heteroatoms. The number of unbranched alkanes of at least 4 members (excludes halogenated alkanes) is 1. The van der Waals surface area contributed by atoms with Gasteiger partial charge in [0.25, 0.3) is 5.91 Å². The summed E-state index contributed by atoms with van der Waals surface area (Å²) in [7, 11) is 3.05. The van der Waals surface area contributed by atoms with Gasteiger partial charge in [-0.2, -0.15) is 0 Å². The van der Waals surface area contributed by atoms with Gasteiger partial charge in [0.15, 0.2) is 0 Å². The first-order chi connectivity index (χ1) is 16.8. The van der Waals surface area contributed by atoms with Gasteiger partial charge in [0.1, 0.15) is 22.9 Å². The van der Waals surface area contributed by atoms with Crippen LogP contribution >= 0.6 is 0 Å². The molecule has 3 rings (SSSR count). The molecule has 1 aromatic heterocycles. The van der Waals surface area contributed by atoms with Crippen LogP contribution in [0.3, 0.4) is 0 Å². The van der Waals surface area contributed by atoms with Crippen LogP contribution in [0.5, 0.6) is 11.5 Å². The van der Waals surface area contributed by atoms with Gasteiger partial charge in [-0.3, -0.25) is 9.59 Å². The molecule has 9 nitrogen and oxygen atoms in total. The second-order valence-electron chi connectivity index (χ2n) is 8.15. The Hall–Kier alpha value is -4.01. The van der Waals surface area contributed by atoms with Crippen molar-refractivity contribution in [2.45, 2.75) is 33.2 Å². The van der Waals surface area contributed by atoms with Crippen molar-refractivity contribution in [1.82, 2.24) is 9.88 Å². The zero-order valence-corrected chi connectivity index (χ0v) is 20.4. The number of carboxylic acids is 1. The van der Waals surface area contributed by atoms with E-state index in [1.165, 1.54) is 18.8 Å². The summed E-state index contributed by atoms with van der Waals surface area (Å²) in [5.74, 6) is -1.25. The standard InChI is InChI=1S/C26H31N3O6/c1-5-6-11-28(25-21(34-3)12-17(2)13-22(25)35-4)23(30)15-27-26(33)20-14-18-9-7-8-10-19(18)29(20)16-24(31)32/h7-10,12-14H,5-6,11,15-16H2,1-4H3,(H,27,33)(H,31,32)/p-1. The molecule has 35 heavy (non-hydrogen) atoms. The van der Waals surface area contributed by atoms with Crippen molar-refractivity contribution in [3.05, 3.63) is 53.7 Å². The van der Waals surface area contributed by atoms with Gasteiger partial charge >= 0.3 is 0 Å². The van der Waals surface area contributed by atoms with Crippen molar-refractivity contribution >= 4 is 34.4 Å². The zero-order chi connectivity index (χ0) is 25.5. The highest BCUT2D eigenvalue weighted by Gasteiger charge is 2.25. The average Bonchev–Trinajstić information content (AvgIpc) is 3.20. The van der Waals surface area contributed by atoms with Gasteiger partial charge in [0.2, 0.25) is 5.91 Å². The Morgan fingerprint density at radius 1 is 1.06 bits per heavy atom. The number of amides is 2. The van der Waals surface area contributed by atoms with Gasteiger partial charge in [-0.1, -0.05) is 31.5 Å². The number of carbonyl (C=O) groups excluding carboxylic acids is 3. The minimum atomic E-state index is -1.32. The highest BCUT2D eigenvalue weighted by Crippen LogP contribution is 2.39. The van der Waals surface area contributed by atoms with Gasteiger partial charge in [0.05, 0.1) is 33.3 Å². The van der Waals surface area contributed by atoms with Crippen LogP contribution < -0.4 is 24.8 Å². The Morgan fingerprint density at radius 3 is 2.31 bits per heavy atom. The monoisotopic (exact) mass is 480 g/mol. The number of nitrogens with one attached hydrogen (secondary N) is 1. The topological polar surface area (TPSA) is 113 Å². The summed E-state index contributed by atoms with van der Waals surface area (Å²) in [6.07, 6.45) is 1.59. The predicted molar refractivity (Wildman–Crippen MR) is 131 cm³/mol. The smallest absolute Gasteiger partial charge is 0.268 e. The fourth-order valence-corrected chi connectivity index (χ4v) is 4.01. The van der Waals surface area contributed by atoms with E-state index in [0.29, 0.717) is 34.6 Å². The summed E-state index contributed by atoms with van der Waals surface area (Å²) in [6.45, 7) is 3.55. The van der Waals surface area contributed by atoms with Crippen molar-refractivity contribution < 1.29 is 29.0 Å². The molecule has 2 aromatic carbocycles. The Balaban J connectivity index is 1.88. The number of aryl methyl sites for hydroxylation is 1. The number of ether oxygens (including phenoxy) is 2. The molecule has 0 aliphatic carbocycles. The largest absolute Gasteiger partial charge is 0.548 e. The van der Waals surface area contributed by atoms with Gasteiger partial charge in [0, 0.05) is 17.4 Å². The van der Waals surface area contributed by atoms with Crippen molar-refractivity contribution in [2.75, 3.05) is 32.2 Å². The Bertz CT molecular complexity index is 1210. The van der Waals surface area contributed by atoms with E-state index in [1.54, 1.807) is 35.2 Å². The molecule has 0 aliphatic rings. The maximum absolute atomic E-state index is 13.3. The van der Waals surface area contributed by atoms with Crippen LogP contribution in [0.1, 0.15) is 35.8 Å². The number of hydrogen-bond donors (Lipinski definition) is 1. The van der Waals surface area contributed by atoms with Crippen LogP contribution in [0, 0.1) is 6.92 Å². The van der Waals surface area contributed by atoms with Crippen molar-refractivity contribution in [3.63, 3.8) is 0 Å². The van der Waals surface area contributed by atoms with Gasteiger partial charge < -0.3 is 34.2 Å². The molecule has 0 saturated carbocycles. The number of aliphatic carboxylic acids is 1. The number of carboxylic acid groups (broad SMARTS) is 1. The summed E-state index contributed by atoms with van der Waals surface area (Å²) >= 11 is 0. The number of fused-ring (bicyclic) bond motifs is 1. The molecule has 2 amide bonds. The number of para-hydroxylation sites is 1. The maximum Gasteiger partial charge on any atom is 0.268 e. The van der Waals surface area contributed by atoms with Crippen LogP contribution in [0.4, 0.5) is 5.69 Å². The maximum atomic E-state index is 13.3. The molecular weight excluding hydrogens is 450 g/mol. The number of anilines is 1. The van der Waals surface area contributed by atoms with E-state index in [4.69, 9.17) is 9.47 Å². The third kappa shape index (κ3) is 5.74. The lowest BCUT2D eigenvalue weighted by Crippen LogP contribution is -2.41. The fraction of sp³-hybridized carbons (Fsp3) is 0.346. The van der Waals surface area contributed by atoms with Crippen LogP contribution in [0.2, 0.25) is 0 Å². The Kier molecular flexibility index (Phi) is 8.35. The lowest BCUT2D eigenvalue weighted by Gasteiger charge is -2.27. The zero-order valence-electron chi connectivity index (χ0n) is 20.4. The van der Waals surface area contributed by atoms with E-state index in [-0.39, 0.29) is 18.1 Å². The van der Waals surface area contributed by atoms with E-state index in [9.17, 15) is 19.5 Å². The minimum absolute atomic E-state index is 0.133. The molecule has 0 fully saturated rings. The van der Waals surface area contributed by atoms with Crippen LogP contribution in [-0.4, -0.2) is 49.7 Å². The first-order valence-electron chi connectivity index (χ1n) is 11.4. The molecule has 0 atom stereocenters. The van der Waals surface area contributed by atoms with Gasteiger partial charge in [-0.05, 0) is 43.2 Å². The number of hydrogen-bond acceptors (Lipinski definition) is 6. The highest BCUT2D eigenvalue weighted by molar-refractivity contribution is 6.03. The molecular formula is C26H30N3O6-. The van der Waals surface area contributed by atoms with Crippen LogP contribution in [0.25, 0.3) is 10.9 Å². The minimum Gasteiger partial charge on any atom is -0.548 e. The second kappa shape index (κ2) is 11.4. The van der Waals surface area contributed by atoms with Crippen LogP contribution in [-0.2, 0) is 16.1 Å². The molecule has 3 aromatic rings. The third-order valence-corrected chi connectivity index (χ3v) is 5.66. The lowest BCUT2D eigenvalue weighted by atomic mass is 10.1. The molecule has 0 spiro atoms. The Morgan fingerprint density at radius 2 is 1.71 bits per heavy atom. The van der Waals surface area contributed by atoms with Crippen molar-refractivity contribution in [3.8, 4) is 11.5 Å². The molecule has 0 aliphatic heterocycles. The lowest BCUT2D eigenvalue weighted by molar-refractivity contribution is -0.306. The van der Waals surface area contributed by atoms with E-state index >= 15 is 0 Å².